The number of fused-ring (bicyclic) bond motifs is 1. The average molecular weight is 284 g/mol. The van der Waals surface area contributed by atoms with Gasteiger partial charge in [0.25, 0.3) is 0 Å². The fraction of sp³-hybridized carbons (Fsp3) is 0.600. The van der Waals surface area contributed by atoms with Gasteiger partial charge < -0.3 is 5.32 Å². The van der Waals surface area contributed by atoms with Crippen LogP contribution in [0, 0.1) is 5.92 Å². The van der Waals surface area contributed by atoms with E-state index in [1.54, 1.807) is 0 Å². The Morgan fingerprint density at radius 1 is 1.10 bits per heavy atom. The first kappa shape index (κ1) is 13.9. The predicted molar refractivity (Wildman–Crippen MR) is 71.0 cm³/mol. The van der Waals surface area contributed by atoms with Gasteiger partial charge in [-0.05, 0) is 42.6 Å². The summed E-state index contributed by atoms with van der Waals surface area (Å²) in [5.41, 5.74) is 3.87. The Morgan fingerprint density at radius 3 is 2.50 bits per heavy atom. The second kappa shape index (κ2) is 5.37. The Balaban J connectivity index is 1.57. The number of nitrogens with one attached hydrogen (secondary N) is 1. The van der Waals surface area contributed by atoms with Crippen molar-refractivity contribution in [2.75, 3.05) is 13.1 Å². The van der Waals surface area contributed by atoms with Crippen molar-refractivity contribution in [3.63, 3.8) is 0 Å². The lowest BCUT2D eigenvalue weighted by Crippen LogP contribution is -2.38. The van der Waals surface area contributed by atoms with Crippen LogP contribution < -0.4 is 5.32 Å². The number of hydrogen-bond donors (Lipinski definition) is 1. The van der Waals surface area contributed by atoms with Gasteiger partial charge in [0.15, 0.2) is 0 Å². The monoisotopic (exact) mass is 284 g/mol. The molecular formula is C15H19F3N2. The lowest BCUT2D eigenvalue weighted by molar-refractivity contribution is -0.185. The number of alkyl halides is 3. The molecule has 0 amide bonds. The highest BCUT2D eigenvalue weighted by Crippen LogP contribution is 2.34. The zero-order valence-corrected chi connectivity index (χ0v) is 11.3. The van der Waals surface area contributed by atoms with E-state index in [2.05, 4.69) is 28.4 Å². The van der Waals surface area contributed by atoms with Crippen molar-refractivity contribution in [2.45, 2.75) is 38.7 Å². The van der Waals surface area contributed by atoms with Crippen LogP contribution in [0.2, 0.25) is 0 Å². The minimum absolute atomic E-state index is 0.232. The van der Waals surface area contributed by atoms with Crippen molar-refractivity contribution in [2.24, 2.45) is 5.92 Å². The van der Waals surface area contributed by atoms with Gasteiger partial charge in [0.2, 0.25) is 0 Å². The quantitative estimate of drug-likeness (QED) is 0.898. The molecule has 2 aliphatic heterocycles. The van der Waals surface area contributed by atoms with E-state index in [-0.39, 0.29) is 12.8 Å². The van der Waals surface area contributed by atoms with Gasteiger partial charge in [0, 0.05) is 19.6 Å². The Bertz CT molecular complexity index is 476. The third-order valence-electron chi connectivity index (χ3n) is 4.36. The standard InChI is InChI=1S/C15H19F3N2/c16-15(17,18)14-3-5-20(6-4-14)10-11-1-2-12-8-19-9-13(12)7-11/h1-2,7,14,19H,3-6,8-10H2. The molecule has 0 aliphatic carbocycles. The molecule has 2 aliphatic rings. The summed E-state index contributed by atoms with van der Waals surface area (Å²) in [6.07, 6.45) is -3.56. The first-order chi connectivity index (χ1) is 9.52. The summed E-state index contributed by atoms with van der Waals surface area (Å²) >= 11 is 0. The molecule has 0 spiro atoms. The Hall–Kier alpha value is -1.07. The highest BCUT2D eigenvalue weighted by Gasteiger charge is 2.40. The van der Waals surface area contributed by atoms with Gasteiger partial charge in [-0.2, -0.15) is 13.2 Å². The average Bonchev–Trinajstić information content (AvgIpc) is 2.86. The molecule has 20 heavy (non-hydrogen) atoms. The number of rotatable bonds is 2. The Kier molecular flexibility index (Phi) is 3.73. The number of hydrogen-bond acceptors (Lipinski definition) is 2. The van der Waals surface area contributed by atoms with Crippen molar-refractivity contribution in [3.05, 3.63) is 34.9 Å². The lowest BCUT2D eigenvalue weighted by Gasteiger charge is -2.32. The zero-order valence-electron chi connectivity index (χ0n) is 11.3. The summed E-state index contributed by atoms with van der Waals surface area (Å²) in [6, 6.07) is 6.42. The second-order valence-corrected chi connectivity index (χ2v) is 5.80. The molecule has 0 aromatic heterocycles. The molecule has 1 aromatic carbocycles. The molecular weight excluding hydrogens is 265 g/mol. The first-order valence-corrected chi connectivity index (χ1v) is 7.13. The van der Waals surface area contributed by atoms with Crippen LogP contribution in [0.1, 0.15) is 29.5 Å². The smallest absolute Gasteiger partial charge is 0.309 e. The van der Waals surface area contributed by atoms with Gasteiger partial charge in [0.05, 0.1) is 5.92 Å². The topological polar surface area (TPSA) is 15.3 Å². The maximum Gasteiger partial charge on any atom is 0.391 e. The predicted octanol–water partition coefficient (Wildman–Crippen LogP) is 3.06. The SMILES string of the molecule is FC(F)(F)C1CCN(Cc2ccc3c(c2)CNC3)CC1. The van der Waals surface area contributed by atoms with Crippen LogP contribution in [0.3, 0.4) is 0 Å². The number of likely N-dealkylation sites (tertiary alicyclic amines) is 1. The van der Waals surface area contributed by atoms with E-state index < -0.39 is 12.1 Å². The Labute approximate surface area is 117 Å². The van der Waals surface area contributed by atoms with Gasteiger partial charge in [-0.15, -0.1) is 0 Å². The minimum Gasteiger partial charge on any atom is -0.309 e. The zero-order chi connectivity index (χ0) is 14.2. The molecule has 5 heteroatoms. The molecule has 1 aromatic rings. The number of piperidine rings is 1. The van der Waals surface area contributed by atoms with Crippen LogP contribution in [0.25, 0.3) is 0 Å². The van der Waals surface area contributed by atoms with Gasteiger partial charge in [-0.3, -0.25) is 4.90 Å². The van der Waals surface area contributed by atoms with E-state index in [4.69, 9.17) is 0 Å². The highest BCUT2D eigenvalue weighted by atomic mass is 19.4. The van der Waals surface area contributed by atoms with E-state index in [9.17, 15) is 13.2 Å². The van der Waals surface area contributed by atoms with Crippen LogP contribution in [0.4, 0.5) is 13.2 Å². The van der Waals surface area contributed by atoms with Crippen molar-refractivity contribution in [1.29, 1.82) is 0 Å². The van der Waals surface area contributed by atoms with E-state index in [1.165, 1.54) is 16.7 Å². The van der Waals surface area contributed by atoms with Gasteiger partial charge in [-0.25, -0.2) is 0 Å². The maximum absolute atomic E-state index is 12.6. The molecule has 2 nitrogen and oxygen atoms in total. The normalized spacial score (nSPS) is 21.1. The van der Waals surface area contributed by atoms with Gasteiger partial charge in [-0.1, -0.05) is 18.2 Å². The number of nitrogens with zero attached hydrogens (tertiary/aromatic N) is 1. The molecule has 0 radical (unpaired) electrons. The van der Waals surface area contributed by atoms with E-state index in [1.807, 2.05) is 0 Å². The van der Waals surface area contributed by atoms with Crippen molar-refractivity contribution in [3.8, 4) is 0 Å². The summed E-state index contributed by atoms with van der Waals surface area (Å²) in [5.74, 6) is -1.11. The Morgan fingerprint density at radius 2 is 1.80 bits per heavy atom. The van der Waals surface area contributed by atoms with Gasteiger partial charge >= 0.3 is 6.18 Å². The largest absolute Gasteiger partial charge is 0.391 e. The van der Waals surface area contributed by atoms with Crippen LogP contribution in [0.15, 0.2) is 18.2 Å². The van der Waals surface area contributed by atoms with Crippen LogP contribution in [-0.4, -0.2) is 24.2 Å². The third-order valence-corrected chi connectivity index (χ3v) is 4.36. The molecule has 0 unspecified atom stereocenters. The van der Waals surface area contributed by atoms with Crippen LogP contribution in [0.5, 0.6) is 0 Å². The molecule has 1 saturated heterocycles. The first-order valence-electron chi connectivity index (χ1n) is 7.13. The third kappa shape index (κ3) is 2.99. The highest BCUT2D eigenvalue weighted by molar-refractivity contribution is 5.34. The van der Waals surface area contributed by atoms with E-state index in [0.717, 1.165) is 19.6 Å². The van der Waals surface area contributed by atoms with Gasteiger partial charge in [0.1, 0.15) is 0 Å². The molecule has 2 heterocycles. The second-order valence-electron chi connectivity index (χ2n) is 5.80. The van der Waals surface area contributed by atoms with Crippen LogP contribution >= 0.6 is 0 Å². The molecule has 0 atom stereocenters. The summed E-state index contributed by atoms with van der Waals surface area (Å²) in [6.45, 7) is 3.67. The van der Waals surface area contributed by atoms with E-state index >= 15 is 0 Å². The summed E-state index contributed by atoms with van der Waals surface area (Å²) in [4.78, 5) is 2.13. The summed E-state index contributed by atoms with van der Waals surface area (Å²) in [7, 11) is 0. The maximum atomic E-state index is 12.6. The summed E-state index contributed by atoms with van der Waals surface area (Å²) < 4.78 is 37.9. The van der Waals surface area contributed by atoms with Crippen molar-refractivity contribution < 1.29 is 13.2 Å². The molecule has 0 saturated carbocycles. The fourth-order valence-electron chi connectivity index (χ4n) is 3.12. The van der Waals surface area contributed by atoms with Crippen LogP contribution in [-0.2, 0) is 19.6 Å². The molecule has 0 bridgehead atoms. The van der Waals surface area contributed by atoms with Crippen molar-refractivity contribution in [1.82, 2.24) is 10.2 Å². The fourth-order valence-corrected chi connectivity index (χ4v) is 3.12. The lowest BCUT2D eigenvalue weighted by atomic mass is 9.96. The number of halogens is 3. The molecule has 3 rings (SSSR count). The molecule has 1 N–H and O–H groups in total. The van der Waals surface area contributed by atoms with E-state index in [0.29, 0.717) is 13.1 Å². The minimum atomic E-state index is -4.02. The summed E-state index contributed by atoms with van der Waals surface area (Å²) in [5, 5.41) is 3.30. The molecule has 110 valence electrons. The number of benzene rings is 1. The van der Waals surface area contributed by atoms with Crippen molar-refractivity contribution >= 4 is 0 Å². The molecule has 1 fully saturated rings.